The summed E-state index contributed by atoms with van der Waals surface area (Å²) in [6.07, 6.45) is 0. The van der Waals surface area contributed by atoms with Crippen LogP contribution in [-0.4, -0.2) is 16.8 Å². The van der Waals surface area contributed by atoms with Gasteiger partial charge in [0.15, 0.2) is 0 Å². The summed E-state index contributed by atoms with van der Waals surface area (Å²) in [5.74, 6) is -20.8. The average molecular weight is 251 g/mol. The van der Waals surface area contributed by atoms with Gasteiger partial charge in [-0.3, -0.25) is 10.1 Å². The molecule has 0 aromatic rings. The first-order valence-electron chi connectivity index (χ1n) is 3.41. The van der Waals surface area contributed by atoms with Gasteiger partial charge in [-0.25, -0.2) is 8.78 Å². The van der Waals surface area contributed by atoms with Gasteiger partial charge in [0, 0.05) is 0 Å². The largest absolute Gasteiger partial charge is 0.392 e. The number of rotatable bonds is 1. The summed E-state index contributed by atoms with van der Waals surface area (Å²) in [6.45, 7) is 0. The molecular formula is C6F7NO2. The molecule has 10 heteroatoms. The summed E-state index contributed by atoms with van der Waals surface area (Å²) < 4.78 is 87.4. The van der Waals surface area contributed by atoms with E-state index in [2.05, 4.69) is 0 Å². The van der Waals surface area contributed by atoms with E-state index in [9.17, 15) is 40.8 Å². The van der Waals surface area contributed by atoms with Crippen LogP contribution in [0.25, 0.3) is 0 Å². The van der Waals surface area contributed by atoms with Crippen LogP contribution in [0.3, 0.4) is 0 Å². The molecule has 0 aromatic heterocycles. The first-order valence-corrected chi connectivity index (χ1v) is 3.41. The Labute approximate surface area is 82.0 Å². The maximum Gasteiger partial charge on any atom is 0.392 e. The molecule has 0 aromatic carbocycles. The van der Waals surface area contributed by atoms with Crippen molar-refractivity contribution in [3.63, 3.8) is 0 Å². The highest BCUT2D eigenvalue weighted by Gasteiger charge is 2.65. The van der Waals surface area contributed by atoms with Crippen LogP contribution in [0, 0.1) is 10.1 Å². The fourth-order valence-electron chi connectivity index (χ4n) is 0.957. The van der Waals surface area contributed by atoms with E-state index < -0.39 is 39.9 Å². The first-order chi connectivity index (χ1) is 7.04. The van der Waals surface area contributed by atoms with Gasteiger partial charge < -0.3 is 0 Å². The van der Waals surface area contributed by atoms with E-state index in [1.807, 2.05) is 0 Å². The highest BCUT2D eigenvalue weighted by molar-refractivity contribution is 5.38. The van der Waals surface area contributed by atoms with Crippen LogP contribution in [0.2, 0.25) is 0 Å². The van der Waals surface area contributed by atoms with Crippen molar-refractivity contribution in [1.29, 1.82) is 0 Å². The quantitative estimate of drug-likeness (QED) is 0.408. The molecule has 3 nitrogen and oxygen atoms in total. The van der Waals surface area contributed by atoms with Crippen molar-refractivity contribution in [1.82, 2.24) is 0 Å². The third kappa shape index (κ3) is 1.36. The molecule has 0 saturated carbocycles. The van der Waals surface area contributed by atoms with Gasteiger partial charge in [-0.1, -0.05) is 0 Å². The van der Waals surface area contributed by atoms with Gasteiger partial charge in [-0.05, 0) is 0 Å². The van der Waals surface area contributed by atoms with Crippen molar-refractivity contribution in [2.45, 2.75) is 11.8 Å². The van der Waals surface area contributed by atoms with Gasteiger partial charge in [-0.2, -0.15) is 22.0 Å². The van der Waals surface area contributed by atoms with Crippen LogP contribution in [0.1, 0.15) is 0 Å². The lowest BCUT2D eigenvalue weighted by Gasteiger charge is -2.22. The van der Waals surface area contributed by atoms with E-state index in [1.54, 1.807) is 0 Å². The smallest absolute Gasteiger partial charge is 0.258 e. The van der Waals surface area contributed by atoms with Crippen molar-refractivity contribution < 1.29 is 35.7 Å². The Morgan fingerprint density at radius 3 is 1.62 bits per heavy atom. The molecule has 0 spiro atoms. The van der Waals surface area contributed by atoms with E-state index in [0.717, 1.165) is 0 Å². The molecule has 16 heavy (non-hydrogen) atoms. The molecule has 0 radical (unpaired) electrons. The Morgan fingerprint density at radius 1 is 0.875 bits per heavy atom. The number of hydrogen-bond acceptors (Lipinski definition) is 2. The van der Waals surface area contributed by atoms with E-state index in [0.29, 0.717) is 0 Å². The monoisotopic (exact) mass is 251 g/mol. The maximum atomic E-state index is 12.6. The van der Waals surface area contributed by atoms with Crippen molar-refractivity contribution in [2.24, 2.45) is 0 Å². The lowest BCUT2D eigenvalue weighted by molar-refractivity contribution is -0.451. The van der Waals surface area contributed by atoms with E-state index in [4.69, 9.17) is 0 Å². The summed E-state index contributed by atoms with van der Waals surface area (Å²) in [5, 5.41) is 9.90. The van der Waals surface area contributed by atoms with Crippen molar-refractivity contribution >= 4 is 0 Å². The molecule has 0 amide bonds. The Morgan fingerprint density at radius 2 is 1.25 bits per heavy atom. The number of nitro groups is 1. The van der Waals surface area contributed by atoms with Gasteiger partial charge in [0.1, 0.15) is 0 Å². The van der Waals surface area contributed by atoms with Crippen LogP contribution in [0.4, 0.5) is 30.7 Å². The summed E-state index contributed by atoms with van der Waals surface area (Å²) in [6, 6.07) is 0. The average Bonchev–Trinajstić information content (AvgIpc) is 2.12. The molecule has 0 N–H and O–H groups in total. The van der Waals surface area contributed by atoms with Crippen LogP contribution in [-0.2, 0) is 0 Å². The number of allylic oxidation sites excluding steroid dienone is 3. The molecule has 1 rings (SSSR count). The Kier molecular flexibility index (Phi) is 2.48. The third-order valence-corrected chi connectivity index (χ3v) is 1.71. The highest BCUT2D eigenvalue weighted by atomic mass is 19.3. The zero-order valence-corrected chi connectivity index (χ0v) is 6.91. The summed E-state index contributed by atoms with van der Waals surface area (Å²) in [5.41, 5.74) is -3.00. The molecule has 0 atom stereocenters. The van der Waals surface area contributed by atoms with Crippen LogP contribution in [0.5, 0.6) is 0 Å². The Hall–Kier alpha value is -1.61. The molecule has 1 aliphatic carbocycles. The fraction of sp³-hybridized carbons (Fsp3) is 0.333. The molecule has 0 saturated heterocycles. The lowest BCUT2D eigenvalue weighted by Crippen LogP contribution is -2.38. The predicted molar refractivity (Wildman–Crippen MR) is 34.3 cm³/mol. The Bertz CT molecular complexity index is 425. The summed E-state index contributed by atoms with van der Waals surface area (Å²) in [4.78, 5) is 7.68. The predicted octanol–water partition coefficient (Wildman–Crippen LogP) is 2.88. The second-order valence-corrected chi connectivity index (χ2v) is 2.70. The third-order valence-electron chi connectivity index (χ3n) is 1.71. The summed E-state index contributed by atoms with van der Waals surface area (Å²) >= 11 is 0. The molecule has 0 aliphatic heterocycles. The van der Waals surface area contributed by atoms with Crippen LogP contribution >= 0.6 is 0 Å². The fourth-order valence-corrected chi connectivity index (χ4v) is 0.957. The number of alkyl halides is 4. The van der Waals surface area contributed by atoms with Crippen molar-refractivity contribution in [3.8, 4) is 0 Å². The van der Waals surface area contributed by atoms with Crippen LogP contribution in [0.15, 0.2) is 23.2 Å². The second-order valence-electron chi connectivity index (χ2n) is 2.70. The standard InChI is InChI=1S/C6F7NO2/c7-1-2(8)6(12,13)4(14(15)16)3(9)5(1,10)11. The molecule has 0 unspecified atom stereocenters. The molecule has 0 heterocycles. The van der Waals surface area contributed by atoms with E-state index >= 15 is 0 Å². The zero-order valence-electron chi connectivity index (χ0n) is 6.91. The highest BCUT2D eigenvalue weighted by Crippen LogP contribution is 2.50. The van der Waals surface area contributed by atoms with Gasteiger partial charge in [0.05, 0.1) is 4.92 Å². The topological polar surface area (TPSA) is 43.1 Å². The lowest BCUT2D eigenvalue weighted by atomic mass is 10.0. The van der Waals surface area contributed by atoms with E-state index in [1.165, 1.54) is 0 Å². The minimum absolute atomic E-state index is 2.23. The van der Waals surface area contributed by atoms with Crippen molar-refractivity contribution in [2.75, 3.05) is 0 Å². The summed E-state index contributed by atoms with van der Waals surface area (Å²) in [7, 11) is 0. The van der Waals surface area contributed by atoms with Gasteiger partial charge in [-0.15, -0.1) is 0 Å². The van der Waals surface area contributed by atoms with E-state index in [-0.39, 0.29) is 0 Å². The first kappa shape index (κ1) is 12.5. The van der Waals surface area contributed by atoms with Crippen molar-refractivity contribution in [3.05, 3.63) is 33.3 Å². The molecule has 0 bridgehead atoms. The molecular weight excluding hydrogens is 251 g/mol. The number of nitrogens with zero attached hydrogens (tertiary/aromatic N) is 1. The molecule has 1 aliphatic rings. The molecule has 0 fully saturated rings. The normalized spacial score (nSPS) is 23.7. The van der Waals surface area contributed by atoms with Crippen LogP contribution < -0.4 is 0 Å². The number of hydrogen-bond donors (Lipinski definition) is 0. The second kappa shape index (κ2) is 3.19. The minimum Gasteiger partial charge on any atom is -0.258 e. The minimum atomic E-state index is -5.39. The maximum absolute atomic E-state index is 12.6. The number of halogens is 7. The zero-order chi connectivity index (χ0) is 12.9. The Balaban J connectivity index is 3.60. The SMILES string of the molecule is O=[N+]([O-])C1=C(F)C(F)(F)C(F)=C(F)C1(F)F. The van der Waals surface area contributed by atoms with Gasteiger partial charge in [0.2, 0.25) is 11.7 Å². The van der Waals surface area contributed by atoms with Gasteiger partial charge in [0.25, 0.3) is 5.83 Å². The van der Waals surface area contributed by atoms with Gasteiger partial charge >= 0.3 is 17.5 Å². The molecule has 90 valence electrons.